The van der Waals surface area contributed by atoms with Crippen molar-refractivity contribution in [3.8, 4) is 5.75 Å². The van der Waals surface area contributed by atoms with Crippen molar-refractivity contribution in [2.24, 2.45) is 5.73 Å². The Labute approximate surface area is 159 Å². The van der Waals surface area contributed by atoms with E-state index in [9.17, 15) is 19.5 Å². The van der Waals surface area contributed by atoms with Crippen molar-refractivity contribution >= 4 is 18.3 Å². The molecule has 8 heteroatoms. The first kappa shape index (κ1) is 22.4. The van der Waals surface area contributed by atoms with Crippen LogP contribution in [0.3, 0.4) is 0 Å². The number of phenolic OH excluding ortho intramolecular Hbond substituents is 1. The summed E-state index contributed by atoms with van der Waals surface area (Å²) in [6.07, 6.45) is 3.18. The van der Waals surface area contributed by atoms with E-state index < -0.39 is 24.0 Å². The van der Waals surface area contributed by atoms with Crippen LogP contribution in [0.4, 0.5) is 0 Å². The van der Waals surface area contributed by atoms with Crippen molar-refractivity contribution in [2.45, 2.75) is 51.1 Å². The van der Waals surface area contributed by atoms with Crippen LogP contribution in [0.25, 0.3) is 0 Å². The van der Waals surface area contributed by atoms with Crippen molar-refractivity contribution in [2.75, 3.05) is 13.2 Å². The molecule has 0 heterocycles. The van der Waals surface area contributed by atoms with Gasteiger partial charge in [-0.3, -0.25) is 9.59 Å². The Morgan fingerprint density at radius 2 is 1.93 bits per heavy atom. The summed E-state index contributed by atoms with van der Waals surface area (Å²) in [5, 5.41) is 14.5. The minimum absolute atomic E-state index is 0.113. The van der Waals surface area contributed by atoms with Gasteiger partial charge in [0, 0.05) is 6.42 Å². The normalized spacial score (nSPS) is 12.7. The maximum absolute atomic E-state index is 12.6. The fourth-order valence-corrected chi connectivity index (χ4v) is 2.49. The highest BCUT2D eigenvalue weighted by Crippen LogP contribution is 2.12. The molecule has 150 valence electrons. The van der Waals surface area contributed by atoms with Gasteiger partial charge >= 0.3 is 5.97 Å². The first-order chi connectivity index (χ1) is 13.0. The lowest BCUT2D eigenvalue weighted by Gasteiger charge is -2.21. The molecule has 1 aromatic carbocycles. The number of ether oxygens (including phenoxy) is 1. The number of unbranched alkanes of at least 4 members (excludes halogenated alkanes) is 1. The van der Waals surface area contributed by atoms with Gasteiger partial charge in [-0.25, -0.2) is 4.79 Å². The first-order valence-electron chi connectivity index (χ1n) is 9.16. The van der Waals surface area contributed by atoms with Crippen LogP contribution in [0, 0.1) is 0 Å². The third kappa shape index (κ3) is 8.54. The minimum atomic E-state index is -0.844. The van der Waals surface area contributed by atoms with Crippen LogP contribution in [0.2, 0.25) is 0 Å². The number of aromatic hydroxyl groups is 1. The van der Waals surface area contributed by atoms with Gasteiger partial charge in [-0.15, -0.1) is 0 Å². The number of benzene rings is 1. The Morgan fingerprint density at radius 3 is 2.52 bits per heavy atom. The van der Waals surface area contributed by atoms with Gasteiger partial charge in [0.1, 0.15) is 17.8 Å². The van der Waals surface area contributed by atoms with Crippen molar-refractivity contribution in [3.63, 3.8) is 0 Å². The van der Waals surface area contributed by atoms with Crippen LogP contribution in [-0.2, 0) is 25.5 Å². The third-order valence-electron chi connectivity index (χ3n) is 3.96. The lowest BCUT2D eigenvalue weighted by molar-refractivity contribution is -0.148. The van der Waals surface area contributed by atoms with Crippen LogP contribution < -0.4 is 16.4 Å². The van der Waals surface area contributed by atoms with Gasteiger partial charge in [-0.2, -0.15) is 0 Å². The molecule has 2 atom stereocenters. The average Bonchev–Trinajstić information content (AvgIpc) is 2.66. The highest BCUT2D eigenvalue weighted by Gasteiger charge is 2.26. The third-order valence-corrected chi connectivity index (χ3v) is 3.96. The molecular weight excluding hydrogens is 350 g/mol. The van der Waals surface area contributed by atoms with E-state index >= 15 is 0 Å². The fourth-order valence-electron chi connectivity index (χ4n) is 2.49. The highest BCUT2D eigenvalue weighted by molar-refractivity contribution is 5.88. The summed E-state index contributed by atoms with van der Waals surface area (Å²) >= 11 is 0. The van der Waals surface area contributed by atoms with Gasteiger partial charge in [0.25, 0.3) is 0 Å². The number of phenols is 1. The van der Waals surface area contributed by atoms with Crippen molar-refractivity contribution in [1.82, 2.24) is 10.6 Å². The summed E-state index contributed by atoms with van der Waals surface area (Å²) in [5.74, 6) is -0.847. The maximum atomic E-state index is 12.6. The molecular formula is C19H29N3O5. The maximum Gasteiger partial charge on any atom is 0.328 e. The van der Waals surface area contributed by atoms with Crippen LogP contribution in [0.5, 0.6) is 5.75 Å². The number of amides is 2. The number of esters is 1. The molecule has 2 amide bonds. The van der Waals surface area contributed by atoms with E-state index in [-0.39, 0.29) is 18.8 Å². The predicted octanol–water partition coefficient (Wildman–Crippen LogP) is 0.616. The molecule has 5 N–H and O–H groups in total. The molecule has 0 aliphatic heterocycles. The molecule has 1 rings (SSSR count). The van der Waals surface area contributed by atoms with Crippen LogP contribution >= 0.6 is 0 Å². The van der Waals surface area contributed by atoms with Crippen LogP contribution in [-0.4, -0.2) is 48.6 Å². The fraction of sp³-hybridized carbons (Fsp3) is 0.526. The number of rotatable bonds is 13. The largest absolute Gasteiger partial charge is 0.508 e. The SMILES string of the molecule is CCCOC(=O)[C@H](CCCCN)NC(=O)[C@H](Cc1ccc(O)cc1)NC=O. The Kier molecular flexibility index (Phi) is 10.5. The average molecular weight is 379 g/mol. The van der Waals surface area contributed by atoms with E-state index in [1.165, 1.54) is 12.1 Å². The Hall–Kier alpha value is -2.61. The second-order valence-corrected chi connectivity index (χ2v) is 6.22. The Bertz CT molecular complexity index is 592. The van der Waals surface area contributed by atoms with Gasteiger partial charge in [0.15, 0.2) is 0 Å². The molecule has 0 aromatic heterocycles. The van der Waals surface area contributed by atoms with Crippen LogP contribution in [0.15, 0.2) is 24.3 Å². The number of hydrogen-bond donors (Lipinski definition) is 4. The van der Waals surface area contributed by atoms with Gasteiger partial charge in [-0.05, 0) is 49.9 Å². The number of nitrogens with two attached hydrogens (primary N) is 1. The minimum Gasteiger partial charge on any atom is -0.508 e. The monoisotopic (exact) mass is 379 g/mol. The lowest BCUT2D eigenvalue weighted by atomic mass is 10.0. The smallest absolute Gasteiger partial charge is 0.328 e. The Balaban J connectivity index is 2.77. The van der Waals surface area contributed by atoms with E-state index in [1.807, 2.05) is 6.92 Å². The summed E-state index contributed by atoms with van der Waals surface area (Å²) < 4.78 is 5.15. The Morgan fingerprint density at radius 1 is 1.22 bits per heavy atom. The molecule has 0 radical (unpaired) electrons. The zero-order valence-electron chi connectivity index (χ0n) is 15.6. The van der Waals surface area contributed by atoms with Gasteiger partial charge in [0.05, 0.1) is 6.61 Å². The molecule has 0 saturated carbocycles. The van der Waals surface area contributed by atoms with Gasteiger partial charge in [-0.1, -0.05) is 19.1 Å². The molecule has 0 aliphatic carbocycles. The van der Waals surface area contributed by atoms with E-state index in [2.05, 4.69) is 10.6 Å². The molecule has 0 unspecified atom stereocenters. The van der Waals surface area contributed by atoms with Crippen LogP contribution in [0.1, 0.15) is 38.2 Å². The molecule has 0 aliphatic rings. The topological polar surface area (TPSA) is 131 Å². The molecule has 0 saturated heterocycles. The second kappa shape index (κ2) is 12.7. The number of carbonyl (C=O) groups is 3. The summed E-state index contributed by atoms with van der Waals surface area (Å²) in [6, 6.07) is 4.70. The van der Waals surface area contributed by atoms with Gasteiger partial charge < -0.3 is 26.2 Å². The first-order valence-corrected chi connectivity index (χ1v) is 9.16. The lowest BCUT2D eigenvalue weighted by Crippen LogP contribution is -2.51. The molecule has 0 spiro atoms. The predicted molar refractivity (Wildman–Crippen MR) is 101 cm³/mol. The molecule has 0 bridgehead atoms. The highest BCUT2D eigenvalue weighted by atomic mass is 16.5. The molecule has 8 nitrogen and oxygen atoms in total. The van der Waals surface area contributed by atoms with E-state index in [1.54, 1.807) is 12.1 Å². The molecule has 27 heavy (non-hydrogen) atoms. The number of carbonyl (C=O) groups excluding carboxylic acids is 3. The molecule has 1 aromatic rings. The van der Waals surface area contributed by atoms with Gasteiger partial charge in [0.2, 0.25) is 12.3 Å². The number of hydrogen-bond acceptors (Lipinski definition) is 6. The van der Waals surface area contributed by atoms with Crippen molar-refractivity contribution in [1.29, 1.82) is 0 Å². The summed E-state index contributed by atoms with van der Waals surface area (Å²) in [6.45, 7) is 2.67. The number of nitrogens with one attached hydrogen (secondary N) is 2. The van der Waals surface area contributed by atoms with Crippen molar-refractivity contribution in [3.05, 3.63) is 29.8 Å². The molecule has 0 fully saturated rings. The van der Waals surface area contributed by atoms with Crippen molar-refractivity contribution < 1.29 is 24.2 Å². The van der Waals surface area contributed by atoms with E-state index in [0.717, 1.165) is 12.0 Å². The zero-order chi connectivity index (χ0) is 20.1. The second-order valence-electron chi connectivity index (χ2n) is 6.22. The summed E-state index contributed by atoms with van der Waals surface area (Å²) in [7, 11) is 0. The summed E-state index contributed by atoms with van der Waals surface area (Å²) in [4.78, 5) is 35.7. The van der Waals surface area contributed by atoms with E-state index in [4.69, 9.17) is 10.5 Å². The summed E-state index contributed by atoms with van der Waals surface area (Å²) in [5.41, 5.74) is 6.25. The standard InChI is InChI=1S/C19H29N3O5/c1-2-11-27-19(26)16(5-3-4-10-20)22-18(25)17(21-13-23)12-14-6-8-15(24)9-7-14/h6-9,13,16-17,24H,2-5,10-12,20H2,1H3,(H,21,23)(H,22,25)/t16-,17-/m0/s1. The zero-order valence-corrected chi connectivity index (χ0v) is 15.6. The van der Waals surface area contributed by atoms with E-state index in [0.29, 0.717) is 32.2 Å². The quantitative estimate of drug-likeness (QED) is 0.226.